The maximum Gasteiger partial charge on any atom is 0.278 e. The molecular weight excluding hydrogens is 394 g/mol. The van der Waals surface area contributed by atoms with E-state index >= 15 is 0 Å². The van der Waals surface area contributed by atoms with Gasteiger partial charge in [0.15, 0.2) is 0 Å². The average Bonchev–Trinajstić information content (AvgIpc) is 3.24. The molecule has 0 saturated carbocycles. The highest BCUT2D eigenvalue weighted by Crippen LogP contribution is 2.35. The van der Waals surface area contributed by atoms with E-state index in [0.29, 0.717) is 24.3 Å². The van der Waals surface area contributed by atoms with Crippen LogP contribution in [0.2, 0.25) is 0 Å². The van der Waals surface area contributed by atoms with E-state index in [4.69, 9.17) is 0 Å². The largest absolute Gasteiger partial charge is 0.337 e. The van der Waals surface area contributed by atoms with Gasteiger partial charge in [0.05, 0.1) is 21.2 Å². The van der Waals surface area contributed by atoms with Crippen molar-refractivity contribution in [1.29, 1.82) is 0 Å². The molecule has 0 radical (unpaired) electrons. The van der Waals surface area contributed by atoms with Crippen molar-refractivity contribution in [2.75, 3.05) is 13.1 Å². The minimum Gasteiger partial charge on any atom is -0.337 e. The van der Waals surface area contributed by atoms with Gasteiger partial charge >= 0.3 is 0 Å². The lowest BCUT2D eigenvalue weighted by Gasteiger charge is -2.30. The number of nitrogens with zero attached hydrogens (tertiary/aromatic N) is 4. The summed E-state index contributed by atoms with van der Waals surface area (Å²) in [6.45, 7) is 1.12. The van der Waals surface area contributed by atoms with Crippen molar-refractivity contribution in [2.45, 2.75) is 18.8 Å². The number of nitro benzene ring substituents is 1. The molecule has 148 valence electrons. The van der Waals surface area contributed by atoms with E-state index < -0.39 is 4.92 Å². The van der Waals surface area contributed by atoms with Crippen LogP contribution in [-0.2, 0) is 0 Å². The van der Waals surface area contributed by atoms with Crippen LogP contribution in [0, 0.1) is 10.1 Å². The van der Waals surface area contributed by atoms with Crippen LogP contribution >= 0.6 is 11.3 Å². The van der Waals surface area contributed by atoms with Gasteiger partial charge in [-0.15, -0.1) is 11.3 Å². The van der Waals surface area contributed by atoms with E-state index in [1.165, 1.54) is 29.5 Å². The fraction of sp³-hybridized carbons (Fsp3) is 0.263. The molecule has 1 amide bonds. The Morgan fingerprint density at radius 2 is 1.97 bits per heavy atom. The lowest BCUT2D eigenvalue weighted by atomic mass is 9.97. The molecule has 10 heteroatoms. The number of H-pyrrole nitrogens is 1. The molecule has 3 heterocycles. The molecule has 0 aliphatic carbocycles. The third kappa shape index (κ3) is 3.92. The van der Waals surface area contributed by atoms with Crippen molar-refractivity contribution >= 4 is 22.9 Å². The first-order chi connectivity index (χ1) is 14.0. The first kappa shape index (κ1) is 18.9. The number of benzene rings is 1. The molecule has 1 saturated heterocycles. The Morgan fingerprint density at radius 1 is 1.21 bits per heavy atom. The number of carbonyl (C=O) groups excluding carboxylic acids is 1. The molecule has 1 aromatic carbocycles. The number of rotatable bonds is 4. The summed E-state index contributed by atoms with van der Waals surface area (Å²) < 4.78 is 0. The molecule has 2 aromatic heterocycles. The number of thiazole rings is 1. The zero-order valence-corrected chi connectivity index (χ0v) is 16.1. The van der Waals surface area contributed by atoms with E-state index in [-0.39, 0.29) is 28.8 Å². The highest BCUT2D eigenvalue weighted by atomic mass is 32.1. The van der Waals surface area contributed by atoms with Gasteiger partial charge in [-0.05, 0) is 25.0 Å². The van der Waals surface area contributed by atoms with Crippen molar-refractivity contribution in [3.8, 4) is 11.3 Å². The minimum absolute atomic E-state index is 0.0400. The molecule has 4 rings (SSSR count). The summed E-state index contributed by atoms with van der Waals surface area (Å²) in [5.41, 5.74) is 1.03. The number of nitrogens with one attached hydrogen (secondary N) is 1. The number of amides is 1. The number of aromatic amines is 1. The summed E-state index contributed by atoms with van der Waals surface area (Å²) in [6.07, 6.45) is 1.50. The summed E-state index contributed by atoms with van der Waals surface area (Å²) in [7, 11) is 0. The second-order valence-corrected chi connectivity index (χ2v) is 7.61. The van der Waals surface area contributed by atoms with Gasteiger partial charge in [-0.1, -0.05) is 12.1 Å². The number of aromatic nitrogens is 3. The monoisotopic (exact) mass is 411 g/mol. The van der Waals surface area contributed by atoms with Crippen LogP contribution in [0.5, 0.6) is 0 Å². The molecule has 3 aromatic rings. The van der Waals surface area contributed by atoms with E-state index in [2.05, 4.69) is 15.2 Å². The van der Waals surface area contributed by atoms with Crippen molar-refractivity contribution < 1.29 is 9.72 Å². The Balaban J connectivity index is 1.45. The normalized spacial score (nSPS) is 14.7. The zero-order valence-electron chi connectivity index (χ0n) is 15.3. The Morgan fingerprint density at radius 3 is 2.66 bits per heavy atom. The molecule has 29 heavy (non-hydrogen) atoms. The molecule has 9 nitrogen and oxygen atoms in total. The third-order valence-electron chi connectivity index (χ3n) is 4.93. The van der Waals surface area contributed by atoms with E-state index in [0.717, 1.165) is 17.8 Å². The molecule has 0 unspecified atom stereocenters. The van der Waals surface area contributed by atoms with Gasteiger partial charge in [0.2, 0.25) is 0 Å². The highest BCUT2D eigenvalue weighted by Gasteiger charge is 2.27. The maximum absolute atomic E-state index is 12.5. The van der Waals surface area contributed by atoms with Gasteiger partial charge < -0.3 is 4.90 Å². The molecule has 1 aliphatic heterocycles. The number of hydrogen-bond donors (Lipinski definition) is 1. The van der Waals surface area contributed by atoms with Gasteiger partial charge in [-0.25, -0.2) is 10.1 Å². The SMILES string of the molecule is O=C(c1ccc(=O)[nH]n1)N1CCC(c2nc(-c3ccccc3[N+](=O)[O-])cs2)CC1. The molecular formula is C19H17N5O4S. The molecule has 0 spiro atoms. The third-order valence-corrected chi connectivity index (χ3v) is 5.94. The Kier molecular flexibility index (Phi) is 5.17. The summed E-state index contributed by atoms with van der Waals surface area (Å²) in [4.78, 5) is 40.8. The zero-order chi connectivity index (χ0) is 20.4. The minimum atomic E-state index is -0.400. The second kappa shape index (κ2) is 7.92. The van der Waals surface area contributed by atoms with E-state index in [1.807, 2.05) is 5.38 Å². The van der Waals surface area contributed by atoms with Gasteiger partial charge in [-0.2, -0.15) is 5.10 Å². The number of carbonyl (C=O) groups is 1. The molecule has 0 atom stereocenters. The summed E-state index contributed by atoms with van der Waals surface area (Å²) >= 11 is 1.49. The van der Waals surface area contributed by atoms with Crippen molar-refractivity contribution in [3.63, 3.8) is 0 Å². The van der Waals surface area contributed by atoms with Gasteiger partial charge in [-0.3, -0.25) is 19.7 Å². The highest BCUT2D eigenvalue weighted by molar-refractivity contribution is 7.10. The predicted octanol–water partition coefficient (Wildman–Crippen LogP) is 2.82. The fourth-order valence-corrected chi connectivity index (χ4v) is 4.39. The number of para-hydroxylation sites is 1. The molecule has 0 bridgehead atoms. The van der Waals surface area contributed by atoms with Crippen molar-refractivity contribution in [3.05, 3.63) is 72.9 Å². The van der Waals surface area contributed by atoms with Gasteiger partial charge in [0.25, 0.3) is 17.2 Å². The first-order valence-electron chi connectivity index (χ1n) is 9.07. The predicted molar refractivity (Wildman–Crippen MR) is 107 cm³/mol. The van der Waals surface area contributed by atoms with Crippen LogP contribution in [0.3, 0.4) is 0 Å². The Bertz CT molecular complexity index is 1100. The molecule has 1 fully saturated rings. The quantitative estimate of drug-likeness (QED) is 0.520. The van der Waals surface area contributed by atoms with Crippen LogP contribution in [0.4, 0.5) is 5.69 Å². The topological polar surface area (TPSA) is 122 Å². The average molecular weight is 411 g/mol. The van der Waals surface area contributed by atoms with Crippen LogP contribution in [0.25, 0.3) is 11.3 Å². The van der Waals surface area contributed by atoms with Crippen LogP contribution in [0.1, 0.15) is 34.3 Å². The van der Waals surface area contributed by atoms with Crippen LogP contribution < -0.4 is 5.56 Å². The Labute approximate surface area is 169 Å². The lowest BCUT2D eigenvalue weighted by Crippen LogP contribution is -2.38. The van der Waals surface area contributed by atoms with Crippen molar-refractivity contribution in [2.24, 2.45) is 0 Å². The molecule has 1 aliphatic rings. The smallest absolute Gasteiger partial charge is 0.278 e. The Hall–Kier alpha value is -3.40. The maximum atomic E-state index is 12.5. The summed E-state index contributed by atoms with van der Waals surface area (Å²) in [5.74, 6) is -0.0106. The van der Waals surface area contributed by atoms with E-state index in [9.17, 15) is 19.7 Å². The van der Waals surface area contributed by atoms with Crippen LogP contribution in [0.15, 0.2) is 46.6 Å². The summed E-state index contributed by atoms with van der Waals surface area (Å²) in [6, 6.07) is 9.29. The van der Waals surface area contributed by atoms with Gasteiger partial charge in [0.1, 0.15) is 5.69 Å². The summed E-state index contributed by atoms with van der Waals surface area (Å²) in [5, 5.41) is 20.1. The number of likely N-dealkylation sites (tertiary alicyclic amines) is 1. The van der Waals surface area contributed by atoms with Crippen molar-refractivity contribution in [1.82, 2.24) is 20.1 Å². The number of hydrogen-bond acceptors (Lipinski definition) is 7. The first-order valence-corrected chi connectivity index (χ1v) is 9.95. The molecule has 1 N–H and O–H groups in total. The fourth-order valence-electron chi connectivity index (χ4n) is 3.40. The van der Waals surface area contributed by atoms with Crippen LogP contribution in [-0.4, -0.2) is 44.0 Å². The van der Waals surface area contributed by atoms with Gasteiger partial charge in [0, 0.05) is 36.5 Å². The number of nitro groups is 1. The lowest BCUT2D eigenvalue weighted by molar-refractivity contribution is -0.384. The van der Waals surface area contributed by atoms with E-state index in [1.54, 1.807) is 23.1 Å². The second-order valence-electron chi connectivity index (χ2n) is 6.72. The standard InChI is InChI=1S/C19H17N5O4S/c25-17-6-5-14(21-22-17)19(26)23-9-7-12(8-10-23)18-20-15(11-29-18)13-3-1-2-4-16(13)24(27)28/h1-6,11-12H,7-10H2,(H,22,25). The number of piperidine rings is 1.